The van der Waals surface area contributed by atoms with Gasteiger partial charge in [-0.2, -0.15) is 0 Å². The predicted octanol–water partition coefficient (Wildman–Crippen LogP) is 4.75. The van der Waals surface area contributed by atoms with Gasteiger partial charge in [0, 0.05) is 23.3 Å². The zero-order valence-corrected chi connectivity index (χ0v) is 16.8. The number of nitrogens with zero attached hydrogens (tertiary/aromatic N) is 1. The molecule has 1 aromatic rings. The van der Waals surface area contributed by atoms with Crippen LogP contribution in [0.15, 0.2) is 22.7 Å². The van der Waals surface area contributed by atoms with Gasteiger partial charge in [0.05, 0.1) is 6.42 Å². The van der Waals surface area contributed by atoms with Gasteiger partial charge in [-0.3, -0.25) is 4.79 Å². The van der Waals surface area contributed by atoms with E-state index in [2.05, 4.69) is 49.8 Å². The maximum atomic E-state index is 12.2. The Hall–Kier alpha value is -0.653. The van der Waals surface area contributed by atoms with Gasteiger partial charge in [-0.25, -0.2) is 0 Å². The van der Waals surface area contributed by atoms with Crippen LogP contribution in [-0.2, 0) is 15.6 Å². The summed E-state index contributed by atoms with van der Waals surface area (Å²) in [6.45, 7) is 12.7. The molecule has 2 rings (SSSR count). The molecule has 1 aromatic carbocycles. The highest BCUT2D eigenvalue weighted by molar-refractivity contribution is 9.10. The van der Waals surface area contributed by atoms with Crippen LogP contribution in [0.2, 0.25) is 18.1 Å². The molecule has 0 atom stereocenters. The van der Waals surface area contributed by atoms with E-state index in [9.17, 15) is 4.79 Å². The molecule has 0 aromatic heterocycles. The lowest BCUT2D eigenvalue weighted by atomic mass is 10.2. The van der Waals surface area contributed by atoms with Gasteiger partial charge in [0.15, 0.2) is 8.32 Å². The largest absolute Gasteiger partial charge is 0.417 e. The average molecular weight is 384 g/mol. The molecular formula is C17H26BrNO2Si. The van der Waals surface area contributed by atoms with Gasteiger partial charge in [0.2, 0.25) is 5.91 Å². The van der Waals surface area contributed by atoms with Crippen LogP contribution >= 0.6 is 15.9 Å². The summed E-state index contributed by atoms with van der Waals surface area (Å²) in [4.78, 5) is 14.1. The first-order valence-electron chi connectivity index (χ1n) is 7.84. The number of carbonyl (C=O) groups is 1. The predicted molar refractivity (Wildman–Crippen MR) is 98.0 cm³/mol. The molecule has 0 radical (unpaired) electrons. The standard InChI is InChI=1S/C17H26BrNO2Si/c1-17(2,3)22(4,5)21-10-6-9-19-15-12-14(18)8-7-13(15)11-16(19)20/h7-8,12H,6,9-11H2,1-5H3. The third-order valence-electron chi connectivity index (χ3n) is 4.78. The number of anilines is 1. The number of rotatable bonds is 5. The van der Waals surface area contributed by atoms with Gasteiger partial charge in [-0.1, -0.05) is 42.8 Å². The molecule has 5 heteroatoms. The summed E-state index contributed by atoms with van der Waals surface area (Å²) in [7, 11) is -1.69. The first-order valence-corrected chi connectivity index (χ1v) is 11.5. The Morgan fingerprint density at radius 2 is 2.00 bits per heavy atom. The van der Waals surface area contributed by atoms with Crippen molar-refractivity contribution in [2.75, 3.05) is 18.1 Å². The van der Waals surface area contributed by atoms with Gasteiger partial charge >= 0.3 is 0 Å². The van der Waals surface area contributed by atoms with Crippen molar-refractivity contribution < 1.29 is 9.22 Å². The first kappa shape index (κ1) is 17.7. The topological polar surface area (TPSA) is 29.5 Å². The molecule has 0 saturated carbocycles. The van der Waals surface area contributed by atoms with Crippen molar-refractivity contribution in [2.24, 2.45) is 0 Å². The lowest BCUT2D eigenvalue weighted by molar-refractivity contribution is -0.117. The Labute approximate surface area is 143 Å². The van der Waals surface area contributed by atoms with Gasteiger partial charge in [-0.15, -0.1) is 0 Å². The van der Waals surface area contributed by atoms with Gasteiger partial charge in [0.25, 0.3) is 0 Å². The molecule has 0 saturated heterocycles. The number of hydrogen-bond donors (Lipinski definition) is 0. The SMILES string of the molecule is CC(C)(C)[Si](C)(C)OCCCN1C(=O)Cc2ccc(Br)cc21. The Morgan fingerprint density at radius 3 is 2.64 bits per heavy atom. The van der Waals surface area contributed by atoms with Crippen molar-refractivity contribution >= 4 is 35.8 Å². The van der Waals surface area contributed by atoms with E-state index in [0.29, 0.717) is 6.42 Å². The molecule has 0 N–H and O–H groups in total. The van der Waals surface area contributed by atoms with Crippen molar-refractivity contribution in [2.45, 2.75) is 51.7 Å². The number of benzene rings is 1. The van der Waals surface area contributed by atoms with Crippen molar-refractivity contribution in [3.63, 3.8) is 0 Å². The Bertz CT molecular complexity index is 566. The quantitative estimate of drug-likeness (QED) is 0.542. The normalized spacial score (nSPS) is 15.4. The second-order valence-corrected chi connectivity index (χ2v) is 13.2. The summed E-state index contributed by atoms with van der Waals surface area (Å²) in [6, 6.07) is 6.06. The first-order chi connectivity index (χ1) is 10.1. The maximum Gasteiger partial charge on any atom is 0.231 e. The zero-order valence-electron chi connectivity index (χ0n) is 14.2. The Morgan fingerprint density at radius 1 is 1.32 bits per heavy atom. The molecular weight excluding hydrogens is 358 g/mol. The van der Waals surface area contributed by atoms with E-state index in [-0.39, 0.29) is 10.9 Å². The Balaban J connectivity index is 1.91. The second kappa shape index (κ2) is 6.46. The van der Waals surface area contributed by atoms with Crippen LogP contribution in [0.1, 0.15) is 32.8 Å². The fraction of sp³-hybridized carbons (Fsp3) is 0.588. The van der Waals surface area contributed by atoms with Crippen molar-refractivity contribution in [3.05, 3.63) is 28.2 Å². The van der Waals surface area contributed by atoms with Crippen molar-refractivity contribution in [3.8, 4) is 0 Å². The minimum Gasteiger partial charge on any atom is -0.417 e. The summed E-state index contributed by atoms with van der Waals surface area (Å²) in [5, 5.41) is 0.230. The molecule has 0 fully saturated rings. The molecule has 22 heavy (non-hydrogen) atoms. The average Bonchev–Trinajstić information content (AvgIpc) is 2.69. The highest BCUT2D eigenvalue weighted by Gasteiger charge is 2.37. The number of hydrogen-bond acceptors (Lipinski definition) is 2. The number of amides is 1. The zero-order chi connectivity index (χ0) is 16.5. The van der Waals surface area contributed by atoms with Crippen molar-refractivity contribution in [1.29, 1.82) is 0 Å². The Kier molecular flexibility index (Phi) is 5.19. The molecule has 0 bridgehead atoms. The van der Waals surface area contributed by atoms with E-state index < -0.39 is 8.32 Å². The highest BCUT2D eigenvalue weighted by Crippen LogP contribution is 2.36. The van der Waals surface area contributed by atoms with E-state index >= 15 is 0 Å². The number of fused-ring (bicyclic) bond motifs is 1. The van der Waals surface area contributed by atoms with E-state index in [0.717, 1.165) is 35.3 Å². The van der Waals surface area contributed by atoms with Crippen molar-refractivity contribution in [1.82, 2.24) is 0 Å². The van der Waals surface area contributed by atoms with Crippen LogP contribution in [0, 0.1) is 0 Å². The van der Waals surface area contributed by atoms with E-state index in [1.54, 1.807) is 0 Å². The summed E-state index contributed by atoms with van der Waals surface area (Å²) in [5.41, 5.74) is 2.17. The molecule has 1 amide bonds. The molecule has 0 unspecified atom stereocenters. The second-order valence-electron chi connectivity index (χ2n) is 7.46. The lowest BCUT2D eigenvalue weighted by Crippen LogP contribution is -2.41. The molecule has 1 aliphatic rings. The van der Waals surface area contributed by atoms with E-state index in [1.165, 1.54) is 0 Å². The minimum atomic E-state index is -1.69. The summed E-state index contributed by atoms with van der Waals surface area (Å²) >= 11 is 3.48. The van der Waals surface area contributed by atoms with Crippen LogP contribution in [-0.4, -0.2) is 27.4 Å². The van der Waals surface area contributed by atoms with Crippen LogP contribution in [0.4, 0.5) is 5.69 Å². The molecule has 1 aliphatic heterocycles. The molecule has 3 nitrogen and oxygen atoms in total. The lowest BCUT2D eigenvalue weighted by Gasteiger charge is -2.36. The molecule has 122 valence electrons. The van der Waals surface area contributed by atoms with Gasteiger partial charge < -0.3 is 9.33 Å². The highest BCUT2D eigenvalue weighted by atomic mass is 79.9. The van der Waals surface area contributed by atoms with Gasteiger partial charge in [0.1, 0.15) is 0 Å². The van der Waals surface area contributed by atoms with E-state index in [1.807, 2.05) is 23.1 Å². The number of carbonyl (C=O) groups excluding carboxylic acids is 1. The maximum absolute atomic E-state index is 12.2. The summed E-state index contributed by atoms with van der Waals surface area (Å²) in [5.74, 6) is 0.195. The van der Waals surface area contributed by atoms with Gasteiger partial charge in [-0.05, 0) is 42.2 Å². The van der Waals surface area contributed by atoms with Crippen LogP contribution < -0.4 is 4.90 Å². The molecule has 0 aliphatic carbocycles. The van der Waals surface area contributed by atoms with E-state index in [4.69, 9.17) is 4.43 Å². The third kappa shape index (κ3) is 3.81. The number of halogens is 1. The fourth-order valence-corrected chi connectivity index (χ4v) is 3.78. The minimum absolute atomic E-state index is 0.195. The molecule has 0 spiro atoms. The third-order valence-corrected chi connectivity index (χ3v) is 9.81. The van der Waals surface area contributed by atoms with Crippen LogP contribution in [0.25, 0.3) is 0 Å². The molecule has 1 heterocycles. The van der Waals surface area contributed by atoms with Crippen LogP contribution in [0.3, 0.4) is 0 Å². The smallest absolute Gasteiger partial charge is 0.231 e. The summed E-state index contributed by atoms with van der Waals surface area (Å²) < 4.78 is 7.21. The monoisotopic (exact) mass is 383 g/mol. The fourth-order valence-electron chi connectivity index (χ4n) is 2.34. The summed E-state index contributed by atoms with van der Waals surface area (Å²) in [6.07, 6.45) is 1.40. The van der Waals surface area contributed by atoms with Crippen LogP contribution in [0.5, 0.6) is 0 Å².